The van der Waals surface area contributed by atoms with E-state index in [2.05, 4.69) is 31.0 Å². The fraction of sp³-hybridized carbons (Fsp3) is 0.552. The molecule has 2 bridgehead atoms. The number of nitrogens with one attached hydrogen (secondary N) is 1. The summed E-state index contributed by atoms with van der Waals surface area (Å²) in [6.45, 7) is 11.5. The lowest BCUT2D eigenvalue weighted by Gasteiger charge is -2.56. The molecule has 17 heteroatoms. The molecule has 3 saturated carbocycles. The third-order valence-electron chi connectivity index (χ3n) is 18.6. The van der Waals surface area contributed by atoms with Crippen LogP contribution in [0.15, 0.2) is 48.7 Å². The van der Waals surface area contributed by atoms with E-state index in [-0.39, 0.29) is 59.4 Å². The molecule has 3 aromatic carbocycles. The Morgan fingerprint density at radius 3 is 2.36 bits per heavy atom. The van der Waals surface area contributed by atoms with Gasteiger partial charge in [-0.2, -0.15) is 9.97 Å². The van der Waals surface area contributed by atoms with Crippen LogP contribution in [0.3, 0.4) is 0 Å². The summed E-state index contributed by atoms with van der Waals surface area (Å²) in [5, 5.41) is 4.25. The van der Waals surface area contributed by atoms with Crippen LogP contribution in [0.4, 0.5) is 20.3 Å². The monoisotopic (exact) mass is 1020 g/mol. The van der Waals surface area contributed by atoms with Gasteiger partial charge in [-0.15, -0.1) is 0 Å². The molecule has 75 heavy (non-hydrogen) atoms. The minimum Gasteiger partial charge on any atom is -0.468 e. The predicted molar refractivity (Wildman–Crippen MR) is 280 cm³/mol. The van der Waals surface area contributed by atoms with Crippen LogP contribution in [0.25, 0.3) is 32.9 Å². The normalized spacial score (nSPS) is 24.6. The van der Waals surface area contributed by atoms with Crippen LogP contribution >= 0.6 is 0 Å². The summed E-state index contributed by atoms with van der Waals surface area (Å²) in [5.41, 5.74) is 4.26. The van der Waals surface area contributed by atoms with Gasteiger partial charge in [-0.1, -0.05) is 13.0 Å². The van der Waals surface area contributed by atoms with Crippen molar-refractivity contribution in [1.29, 1.82) is 0 Å². The SMILES string of the molecule is CCc1c(F)ccc2cc(OCOC)cc(-c3ncc4c(N5CC6CCC(C6)C5)nc(OCC5(CN6CCC7(CC6)CC(N6CCN(c8ccc9c(c8)CN([C@H]8CCC(=O)NC8=O)C9=O)CC6)C7)CC5)nc4c3F)c12. The van der Waals surface area contributed by atoms with E-state index in [0.717, 1.165) is 88.4 Å². The Morgan fingerprint density at radius 1 is 0.840 bits per heavy atom. The minimum atomic E-state index is -0.607. The van der Waals surface area contributed by atoms with Gasteiger partial charge in [-0.05, 0) is 159 Å². The van der Waals surface area contributed by atoms with Crippen molar-refractivity contribution in [3.63, 3.8) is 0 Å². The van der Waals surface area contributed by atoms with Gasteiger partial charge < -0.3 is 33.8 Å². The molecular formula is C58H67F2N9O6. The van der Waals surface area contributed by atoms with Gasteiger partial charge in [-0.25, -0.2) is 8.78 Å². The van der Waals surface area contributed by atoms with E-state index in [1.165, 1.54) is 51.0 Å². The van der Waals surface area contributed by atoms with Crippen molar-refractivity contribution in [2.75, 3.05) is 89.2 Å². The number of methoxy groups -OCH3 is 1. The molecule has 3 amide bonds. The summed E-state index contributed by atoms with van der Waals surface area (Å²) in [5.74, 6) is 0.523. The number of piperidine rings is 3. The number of imide groups is 1. The lowest BCUT2D eigenvalue weighted by atomic mass is 9.60. The number of ether oxygens (including phenoxy) is 3. The maximum absolute atomic E-state index is 17.5. The molecule has 394 valence electrons. The highest BCUT2D eigenvalue weighted by Crippen LogP contribution is 2.53. The number of amides is 3. The van der Waals surface area contributed by atoms with Crippen molar-refractivity contribution >= 4 is 50.9 Å². The van der Waals surface area contributed by atoms with Crippen molar-refractivity contribution in [3.8, 4) is 23.0 Å². The van der Waals surface area contributed by atoms with Crippen LogP contribution in [0.5, 0.6) is 11.8 Å². The smallest absolute Gasteiger partial charge is 0.319 e. The Balaban J connectivity index is 0.652. The molecule has 2 unspecified atom stereocenters. The van der Waals surface area contributed by atoms with Gasteiger partial charge in [0.2, 0.25) is 11.8 Å². The minimum absolute atomic E-state index is 0.000468. The molecular weight excluding hydrogens is 957 g/mol. The Morgan fingerprint density at radius 2 is 1.63 bits per heavy atom. The van der Waals surface area contributed by atoms with Crippen LogP contribution in [0.2, 0.25) is 0 Å². The third-order valence-corrected chi connectivity index (χ3v) is 18.6. The maximum atomic E-state index is 17.5. The largest absolute Gasteiger partial charge is 0.468 e. The first-order valence-corrected chi connectivity index (χ1v) is 27.5. The average molecular weight is 1020 g/mol. The highest BCUT2D eigenvalue weighted by atomic mass is 19.1. The number of aromatic nitrogens is 3. The Kier molecular flexibility index (Phi) is 12.4. The number of pyridine rings is 1. The summed E-state index contributed by atoms with van der Waals surface area (Å²) in [7, 11) is 1.54. The molecule has 4 saturated heterocycles. The molecule has 1 spiro atoms. The molecule has 1 N–H and O–H groups in total. The summed E-state index contributed by atoms with van der Waals surface area (Å²) in [6.07, 6.45) is 13.3. The number of aryl methyl sites for hydroxylation is 1. The number of rotatable bonds is 14. The highest BCUT2D eigenvalue weighted by molar-refractivity contribution is 6.06. The average Bonchev–Trinajstić information content (AvgIpc) is 3.99. The van der Waals surface area contributed by atoms with Gasteiger partial charge in [0.15, 0.2) is 12.6 Å². The van der Waals surface area contributed by atoms with Crippen LogP contribution in [-0.4, -0.2) is 139 Å². The number of benzene rings is 3. The van der Waals surface area contributed by atoms with E-state index in [1.54, 1.807) is 30.3 Å². The molecule has 3 atom stereocenters. The summed E-state index contributed by atoms with van der Waals surface area (Å²) in [4.78, 5) is 63.9. The zero-order valence-electron chi connectivity index (χ0n) is 43.2. The zero-order chi connectivity index (χ0) is 51.2. The first kappa shape index (κ1) is 48.6. The third kappa shape index (κ3) is 9.03. The van der Waals surface area contributed by atoms with Gasteiger partial charge in [0.1, 0.15) is 34.6 Å². The molecule has 0 radical (unpaired) electrons. The van der Waals surface area contributed by atoms with Crippen molar-refractivity contribution in [3.05, 3.63) is 77.0 Å². The topological polar surface area (TPSA) is 146 Å². The van der Waals surface area contributed by atoms with E-state index in [1.807, 2.05) is 25.1 Å². The van der Waals surface area contributed by atoms with Crippen LogP contribution < -0.4 is 24.6 Å². The zero-order valence-corrected chi connectivity index (χ0v) is 43.2. The summed E-state index contributed by atoms with van der Waals surface area (Å²) in [6, 6.07) is 12.9. The molecule has 7 heterocycles. The van der Waals surface area contributed by atoms with Gasteiger partial charge >= 0.3 is 6.01 Å². The number of nitrogens with zero attached hydrogens (tertiary/aromatic N) is 8. The number of hydrogen-bond donors (Lipinski definition) is 1. The second-order valence-corrected chi connectivity index (χ2v) is 23.4. The molecule has 5 aliphatic heterocycles. The van der Waals surface area contributed by atoms with Crippen molar-refractivity contribution < 1.29 is 37.4 Å². The van der Waals surface area contributed by atoms with Gasteiger partial charge in [-0.3, -0.25) is 29.6 Å². The van der Waals surface area contributed by atoms with Crippen LogP contribution in [-0.2, 0) is 27.3 Å². The number of anilines is 2. The van der Waals surface area contributed by atoms with Gasteiger partial charge in [0.05, 0.1) is 12.0 Å². The number of fused-ring (bicyclic) bond motifs is 5. The number of halogens is 2. The Labute approximate surface area is 436 Å². The quantitative estimate of drug-likeness (QED) is 0.0851. The number of piperazine rings is 1. The predicted octanol–water partition coefficient (Wildman–Crippen LogP) is 7.89. The molecule has 7 fully saturated rings. The first-order chi connectivity index (χ1) is 36.4. The lowest BCUT2D eigenvalue weighted by molar-refractivity contribution is -0.136. The second-order valence-electron chi connectivity index (χ2n) is 23.4. The standard InChI is InChI=1S/C58H67F2N9O6/c1-3-42-46(59)9-6-37-24-41(75-34-73-2)25-44(49(37)42)51-50(60)52-45(28-61-51)53(68-29-35-4-5-36(22-35)30-68)64-56(63-52)74-33-58(12-13-58)32-65-16-14-57(15-17-65)26-40(27-57)67-20-18-66(19-21-67)39-7-8-43-38(23-39)31-69(55(43)72)47-10-11-48(70)62-54(47)71/h6-9,23-25,28,35-36,40,47H,3-5,10-22,26-27,29-34H2,1-2H3,(H,62,70,71)/t35?,36?,47-/m0/s1. The molecule has 3 aliphatic carbocycles. The highest BCUT2D eigenvalue weighted by Gasteiger charge is 2.51. The first-order valence-electron chi connectivity index (χ1n) is 27.5. The Bertz CT molecular complexity index is 3080. The van der Waals surface area contributed by atoms with Crippen molar-refractivity contribution in [2.45, 2.75) is 103 Å². The number of carbonyl (C=O) groups is 3. The number of hydrogen-bond acceptors (Lipinski definition) is 13. The maximum Gasteiger partial charge on any atom is 0.319 e. The van der Waals surface area contributed by atoms with Gasteiger partial charge in [0, 0.05) is 100 Å². The van der Waals surface area contributed by atoms with Crippen LogP contribution in [0, 0.1) is 34.3 Å². The summed E-state index contributed by atoms with van der Waals surface area (Å²) >= 11 is 0. The fourth-order valence-corrected chi connectivity index (χ4v) is 14.2. The second kappa shape index (κ2) is 19.2. The Hall–Kier alpha value is -6.04. The van der Waals surface area contributed by atoms with E-state index in [9.17, 15) is 14.4 Å². The molecule has 13 rings (SSSR count). The number of carbonyl (C=O) groups excluding carboxylic acids is 3. The van der Waals surface area contributed by atoms with Gasteiger partial charge in [0.25, 0.3) is 5.91 Å². The van der Waals surface area contributed by atoms with Crippen molar-refractivity contribution in [2.24, 2.45) is 22.7 Å². The lowest BCUT2D eigenvalue weighted by Crippen LogP contribution is -2.59. The molecule has 8 aliphatic rings. The van der Waals surface area contributed by atoms with Crippen LogP contribution in [0.1, 0.15) is 99.0 Å². The molecule has 15 nitrogen and oxygen atoms in total. The summed E-state index contributed by atoms with van der Waals surface area (Å²) < 4.78 is 50.6. The fourth-order valence-electron chi connectivity index (χ4n) is 14.2. The van der Waals surface area contributed by atoms with Crippen molar-refractivity contribution in [1.82, 2.24) is 35.0 Å². The molecule has 5 aromatic rings. The van der Waals surface area contributed by atoms with E-state index < -0.39 is 11.9 Å². The van der Waals surface area contributed by atoms with E-state index in [4.69, 9.17) is 29.2 Å². The van der Waals surface area contributed by atoms with E-state index >= 15 is 8.78 Å². The molecule has 2 aromatic heterocycles. The number of likely N-dealkylation sites (tertiary alicyclic amines) is 1. The van der Waals surface area contributed by atoms with E-state index in [0.29, 0.717) is 88.3 Å².